The number of benzene rings is 1. The van der Waals surface area contributed by atoms with Crippen LogP contribution in [0.5, 0.6) is 5.75 Å². The number of halogens is 2. The number of rotatable bonds is 2. The molecule has 4 rings (SSSR count). The summed E-state index contributed by atoms with van der Waals surface area (Å²) in [5, 5.41) is 20.9. The first-order valence-corrected chi connectivity index (χ1v) is 7.66. The van der Waals surface area contributed by atoms with Crippen molar-refractivity contribution in [2.24, 2.45) is 0 Å². The van der Waals surface area contributed by atoms with Crippen LogP contribution in [-0.4, -0.2) is 36.8 Å². The van der Waals surface area contributed by atoms with Gasteiger partial charge in [0.25, 0.3) is 0 Å². The molecule has 3 aromatic rings. The molecule has 3 atom stereocenters. The van der Waals surface area contributed by atoms with Gasteiger partial charge >= 0.3 is 11.6 Å². The minimum Gasteiger partial charge on any atom is -0.505 e. The molecule has 1 aliphatic heterocycles. The lowest BCUT2D eigenvalue weighted by atomic mass is 10.1. The number of alkyl halides is 2. The fourth-order valence-corrected chi connectivity index (χ4v) is 3.09. The molecule has 0 spiro atoms. The van der Waals surface area contributed by atoms with Gasteiger partial charge in [0.1, 0.15) is 17.7 Å². The van der Waals surface area contributed by atoms with Crippen molar-refractivity contribution in [3.63, 3.8) is 0 Å². The molecule has 0 bridgehead atoms. The van der Waals surface area contributed by atoms with Crippen LogP contribution in [0.15, 0.2) is 41.3 Å². The fourth-order valence-electron chi connectivity index (χ4n) is 3.09. The summed E-state index contributed by atoms with van der Waals surface area (Å²) in [5.74, 6) is -4.24. The zero-order valence-electron chi connectivity index (χ0n) is 13.1. The van der Waals surface area contributed by atoms with E-state index in [4.69, 9.17) is 10.5 Å². The van der Waals surface area contributed by atoms with E-state index in [2.05, 4.69) is 9.97 Å². The minimum absolute atomic E-state index is 0.0997. The largest absolute Gasteiger partial charge is 0.505 e. The number of nitrogens with one attached hydrogen (secondary N) is 1. The number of aliphatic hydroxyl groups is 1. The highest BCUT2D eigenvalue weighted by molar-refractivity contribution is 5.87. The Hall–Kier alpha value is -2.98. The van der Waals surface area contributed by atoms with Gasteiger partial charge in [-0.25, -0.2) is 4.79 Å². The average molecular weight is 364 g/mol. The number of hydrogen-bond donors (Lipinski definition) is 4. The number of para-hydroxylation sites is 1. The molecule has 26 heavy (non-hydrogen) atoms. The van der Waals surface area contributed by atoms with Crippen molar-refractivity contribution in [2.75, 3.05) is 5.73 Å². The molecule has 1 aromatic carbocycles. The minimum atomic E-state index is -3.81. The number of fused-ring (bicyclic) bond motifs is 1. The summed E-state index contributed by atoms with van der Waals surface area (Å²) in [6, 6.07) is 7.77. The van der Waals surface area contributed by atoms with Gasteiger partial charge in [0, 0.05) is 17.1 Å². The van der Waals surface area contributed by atoms with E-state index in [9.17, 15) is 23.8 Å². The quantitative estimate of drug-likeness (QED) is 0.543. The molecule has 0 radical (unpaired) electrons. The third kappa shape index (κ3) is 2.26. The van der Waals surface area contributed by atoms with E-state index in [-0.39, 0.29) is 17.3 Å². The summed E-state index contributed by atoms with van der Waals surface area (Å²) in [6.45, 7) is 0. The first-order chi connectivity index (χ1) is 12.3. The molecule has 5 N–H and O–H groups in total. The number of nitrogen functional groups attached to an aromatic ring is 1. The summed E-state index contributed by atoms with van der Waals surface area (Å²) in [5.41, 5.74) is 4.72. The molecule has 2 aromatic heterocycles. The highest BCUT2D eigenvalue weighted by Crippen LogP contribution is 2.50. The predicted molar refractivity (Wildman–Crippen MR) is 86.7 cm³/mol. The normalized spacial score (nSPS) is 25.0. The molecule has 136 valence electrons. The monoisotopic (exact) mass is 364 g/mol. The predicted octanol–water partition coefficient (Wildman–Crippen LogP) is 1.28. The van der Waals surface area contributed by atoms with Gasteiger partial charge < -0.3 is 25.7 Å². The van der Waals surface area contributed by atoms with Crippen LogP contribution in [0.1, 0.15) is 18.0 Å². The van der Waals surface area contributed by atoms with Gasteiger partial charge in [-0.05, 0) is 18.2 Å². The zero-order chi connectivity index (χ0) is 18.6. The van der Waals surface area contributed by atoms with Gasteiger partial charge in [-0.3, -0.25) is 4.57 Å². The van der Waals surface area contributed by atoms with Crippen LogP contribution in [0.4, 0.5) is 14.6 Å². The molecular formula is C16H14F2N4O4. The summed E-state index contributed by atoms with van der Waals surface area (Å²) >= 11 is 0. The third-order valence-electron chi connectivity index (χ3n) is 4.38. The number of nitrogens with zero attached hydrogens (tertiary/aromatic N) is 2. The van der Waals surface area contributed by atoms with Crippen LogP contribution >= 0.6 is 0 Å². The van der Waals surface area contributed by atoms with Gasteiger partial charge in [-0.15, -0.1) is 0 Å². The Kier molecular flexibility index (Phi) is 3.49. The Morgan fingerprint density at radius 1 is 1.31 bits per heavy atom. The molecular weight excluding hydrogens is 350 g/mol. The van der Waals surface area contributed by atoms with Crippen molar-refractivity contribution in [3.8, 4) is 5.75 Å². The lowest BCUT2D eigenvalue weighted by Crippen LogP contribution is -2.40. The van der Waals surface area contributed by atoms with Crippen LogP contribution in [0.3, 0.4) is 0 Å². The van der Waals surface area contributed by atoms with Crippen LogP contribution in [0.2, 0.25) is 0 Å². The number of H-pyrrole nitrogens is 1. The first kappa shape index (κ1) is 16.5. The number of ether oxygens (including phenoxy) is 1. The van der Waals surface area contributed by atoms with Crippen molar-refractivity contribution in [1.82, 2.24) is 14.5 Å². The second-order valence-electron chi connectivity index (χ2n) is 6.00. The Bertz CT molecular complexity index is 1050. The molecule has 0 amide bonds. The number of hydrogen-bond acceptors (Lipinski definition) is 6. The number of nitrogens with two attached hydrogens (primary N) is 1. The second-order valence-corrected chi connectivity index (χ2v) is 6.00. The standard InChI is InChI=1S/C16H14F2N4O4/c17-16(18)13(24)12(10-11(23)7-3-1-2-4-8(7)20-10)26-14(16)22-6-5-9(19)21-15(22)25/h1-6,12-14,20,23-24H,(H2,19,21,25). The molecule has 3 unspecified atom stereocenters. The van der Waals surface area contributed by atoms with E-state index >= 15 is 0 Å². The van der Waals surface area contributed by atoms with E-state index in [1.807, 2.05) is 0 Å². The number of aromatic hydroxyl groups is 1. The van der Waals surface area contributed by atoms with Gasteiger partial charge in [0.2, 0.25) is 6.23 Å². The zero-order valence-corrected chi connectivity index (χ0v) is 13.1. The molecule has 1 saturated heterocycles. The maximum atomic E-state index is 14.6. The average Bonchev–Trinajstić information content (AvgIpc) is 3.04. The van der Waals surface area contributed by atoms with Crippen molar-refractivity contribution in [2.45, 2.75) is 24.4 Å². The van der Waals surface area contributed by atoms with Crippen molar-refractivity contribution < 1.29 is 23.7 Å². The topological polar surface area (TPSA) is 126 Å². The maximum Gasteiger partial charge on any atom is 0.351 e. The van der Waals surface area contributed by atoms with Gasteiger partial charge in [-0.2, -0.15) is 13.8 Å². The number of anilines is 1. The summed E-state index contributed by atoms with van der Waals surface area (Å²) in [4.78, 5) is 18.1. The highest BCUT2D eigenvalue weighted by atomic mass is 19.3. The van der Waals surface area contributed by atoms with E-state index < -0.39 is 30.0 Å². The first-order valence-electron chi connectivity index (χ1n) is 7.66. The summed E-state index contributed by atoms with van der Waals surface area (Å²) in [6.07, 6.45) is -4.96. The molecule has 1 aliphatic rings. The maximum absolute atomic E-state index is 14.6. The Balaban J connectivity index is 1.79. The molecule has 0 aliphatic carbocycles. The van der Waals surface area contributed by atoms with Crippen LogP contribution in [0, 0.1) is 0 Å². The Morgan fingerprint density at radius 2 is 2.04 bits per heavy atom. The van der Waals surface area contributed by atoms with E-state index in [1.54, 1.807) is 24.3 Å². The number of aromatic amines is 1. The van der Waals surface area contributed by atoms with Crippen molar-refractivity contribution >= 4 is 16.7 Å². The summed E-state index contributed by atoms with van der Waals surface area (Å²) in [7, 11) is 0. The SMILES string of the molecule is Nc1ccn(C2OC(c3[nH]c4ccccc4c3O)C(O)C2(F)F)c(=O)n1. The Labute approximate surface area is 144 Å². The summed E-state index contributed by atoms with van der Waals surface area (Å²) < 4.78 is 35.0. The smallest absolute Gasteiger partial charge is 0.351 e. The van der Waals surface area contributed by atoms with Gasteiger partial charge in [0.05, 0.1) is 5.69 Å². The van der Waals surface area contributed by atoms with E-state index in [0.29, 0.717) is 15.5 Å². The molecule has 0 saturated carbocycles. The Morgan fingerprint density at radius 3 is 2.73 bits per heavy atom. The van der Waals surface area contributed by atoms with E-state index in [0.717, 1.165) is 6.20 Å². The number of aromatic nitrogens is 3. The van der Waals surface area contributed by atoms with Gasteiger partial charge in [-0.1, -0.05) is 12.1 Å². The fraction of sp³-hybridized carbons (Fsp3) is 0.250. The molecule has 3 heterocycles. The molecule has 10 heteroatoms. The van der Waals surface area contributed by atoms with Crippen LogP contribution < -0.4 is 11.4 Å². The van der Waals surface area contributed by atoms with E-state index in [1.165, 1.54) is 6.07 Å². The van der Waals surface area contributed by atoms with Gasteiger partial charge in [0.15, 0.2) is 6.10 Å². The second kappa shape index (κ2) is 5.51. The lowest BCUT2D eigenvalue weighted by molar-refractivity contribution is -0.140. The number of aliphatic hydroxyl groups excluding tert-OH is 1. The van der Waals surface area contributed by atoms with Crippen LogP contribution in [0.25, 0.3) is 10.9 Å². The highest BCUT2D eigenvalue weighted by Gasteiger charge is 2.61. The third-order valence-corrected chi connectivity index (χ3v) is 4.38. The van der Waals surface area contributed by atoms with Crippen molar-refractivity contribution in [1.29, 1.82) is 0 Å². The van der Waals surface area contributed by atoms with Crippen molar-refractivity contribution in [3.05, 3.63) is 52.7 Å². The molecule has 1 fully saturated rings. The van der Waals surface area contributed by atoms with Crippen LogP contribution in [-0.2, 0) is 4.74 Å². The lowest BCUT2D eigenvalue weighted by Gasteiger charge is -2.20. The molecule has 8 nitrogen and oxygen atoms in total.